The van der Waals surface area contributed by atoms with Crippen molar-refractivity contribution >= 4 is 5.69 Å². The molecule has 0 unspecified atom stereocenters. The van der Waals surface area contributed by atoms with Gasteiger partial charge in [-0.2, -0.15) is 5.26 Å². The molecule has 2 aromatic rings. The molecule has 0 fully saturated rings. The highest BCUT2D eigenvalue weighted by Gasteiger charge is 2.04. The third kappa shape index (κ3) is 3.30. The highest BCUT2D eigenvalue weighted by molar-refractivity contribution is 5.59. The molecule has 0 bridgehead atoms. The molecular formula is C17H18N2O. The summed E-state index contributed by atoms with van der Waals surface area (Å²) in [7, 11) is 1.61. The minimum absolute atomic E-state index is 0.597. The van der Waals surface area contributed by atoms with Crippen LogP contribution >= 0.6 is 0 Å². The summed E-state index contributed by atoms with van der Waals surface area (Å²) in [5.41, 5.74) is 4.05. The molecule has 0 heterocycles. The Balaban J connectivity index is 2.08. The minimum Gasteiger partial charge on any atom is -0.495 e. The van der Waals surface area contributed by atoms with Gasteiger partial charge >= 0.3 is 0 Å². The van der Waals surface area contributed by atoms with Crippen LogP contribution in [0.15, 0.2) is 42.5 Å². The van der Waals surface area contributed by atoms with E-state index in [0.29, 0.717) is 11.3 Å². The molecule has 20 heavy (non-hydrogen) atoms. The maximum absolute atomic E-state index is 8.88. The molecule has 2 rings (SSSR count). The van der Waals surface area contributed by atoms with Crippen molar-refractivity contribution in [1.82, 2.24) is 0 Å². The van der Waals surface area contributed by atoms with Crippen LogP contribution in [-0.4, -0.2) is 7.11 Å². The molecule has 0 atom stereocenters. The molecule has 3 nitrogen and oxygen atoms in total. The predicted octanol–water partition coefficient (Wildman–Crippen LogP) is 3.74. The van der Waals surface area contributed by atoms with Gasteiger partial charge in [-0.1, -0.05) is 31.2 Å². The molecule has 2 aromatic carbocycles. The van der Waals surface area contributed by atoms with Crippen molar-refractivity contribution in [3.63, 3.8) is 0 Å². The zero-order valence-corrected chi connectivity index (χ0v) is 11.8. The van der Waals surface area contributed by atoms with Crippen molar-refractivity contribution < 1.29 is 4.74 Å². The van der Waals surface area contributed by atoms with Crippen LogP contribution in [0.2, 0.25) is 0 Å². The predicted molar refractivity (Wildman–Crippen MR) is 80.9 cm³/mol. The number of ether oxygens (including phenoxy) is 1. The number of nitrogens with one attached hydrogen (secondary N) is 1. The fourth-order valence-electron chi connectivity index (χ4n) is 2.00. The fourth-order valence-corrected chi connectivity index (χ4v) is 2.00. The summed E-state index contributed by atoms with van der Waals surface area (Å²) in [6.07, 6.45) is 1.05. The van der Waals surface area contributed by atoms with Crippen molar-refractivity contribution in [1.29, 1.82) is 5.26 Å². The molecule has 1 N–H and O–H groups in total. The zero-order valence-electron chi connectivity index (χ0n) is 11.8. The van der Waals surface area contributed by atoms with Crippen LogP contribution in [0.5, 0.6) is 5.75 Å². The lowest BCUT2D eigenvalue weighted by atomic mass is 10.1. The van der Waals surface area contributed by atoms with Gasteiger partial charge in [-0.3, -0.25) is 0 Å². The van der Waals surface area contributed by atoms with Crippen LogP contribution in [-0.2, 0) is 13.0 Å². The Kier molecular flexibility index (Phi) is 4.62. The number of rotatable bonds is 5. The summed E-state index contributed by atoms with van der Waals surface area (Å²) in [5.74, 6) is 0.689. The first kappa shape index (κ1) is 14.0. The van der Waals surface area contributed by atoms with Crippen molar-refractivity contribution in [3.05, 3.63) is 59.2 Å². The maximum atomic E-state index is 8.88. The van der Waals surface area contributed by atoms with Crippen molar-refractivity contribution in [3.8, 4) is 11.8 Å². The van der Waals surface area contributed by atoms with Crippen molar-refractivity contribution in [2.75, 3.05) is 12.4 Å². The lowest BCUT2D eigenvalue weighted by Crippen LogP contribution is -2.01. The number of aryl methyl sites for hydroxylation is 1. The van der Waals surface area contributed by atoms with Gasteiger partial charge in [0.25, 0.3) is 0 Å². The van der Waals surface area contributed by atoms with Crippen LogP contribution < -0.4 is 10.1 Å². The van der Waals surface area contributed by atoms with Gasteiger partial charge in [0.1, 0.15) is 5.75 Å². The van der Waals surface area contributed by atoms with E-state index in [0.717, 1.165) is 18.7 Å². The molecule has 0 spiro atoms. The third-order valence-electron chi connectivity index (χ3n) is 3.24. The molecule has 0 aliphatic rings. The highest BCUT2D eigenvalue weighted by Crippen LogP contribution is 2.25. The van der Waals surface area contributed by atoms with Gasteiger partial charge in [-0.05, 0) is 29.7 Å². The standard InChI is InChI=1S/C17H18N2O/c1-3-13-4-6-14(7-5-13)12-19-16-9-8-15(11-18)10-17(16)20-2/h4-10,19H,3,12H2,1-2H3. The van der Waals surface area contributed by atoms with E-state index in [1.807, 2.05) is 6.07 Å². The molecule has 0 aromatic heterocycles. The van der Waals surface area contributed by atoms with E-state index in [-0.39, 0.29) is 0 Å². The van der Waals surface area contributed by atoms with Crippen LogP contribution in [0.3, 0.4) is 0 Å². The van der Waals surface area contributed by atoms with Gasteiger partial charge in [0.05, 0.1) is 24.4 Å². The second kappa shape index (κ2) is 6.63. The number of anilines is 1. The summed E-state index contributed by atoms with van der Waals surface area (Å²) in [6, 6.07) is 16.0. The lowest BCUT2D eigenvalue weighted by Gasteiger charge is -2.11. The van der Waals surface area contributed by atoms with Gasteiger partial charge < -0.3 is 10.1 Å². The summed E-state index contributed by atoms with van der Waals surface area (Å²) in [4.78, 5) is 0. The lowest BCUT2D eigenvalue weighted by molar-refractivity contribution is 0.416. The van der Waals surface area contributed by atoms with Crippen LogP contribution in [0.1, 0.15) is 23.6 Å². The quantitative estimate of drug-likeness (QED) is 0.896. The van der Waals surface area contributed by atoms with E-state index in [1.165, 1.54) is 11.1 Å². The SMILES string of the molecule is CCc1ccc(CNc2ccc(C#N)cc2OC)cc1. The minimum atomic E-state index is 0.597. The maximum Gasteiger partial charge on any atom is 0.143 e. The van der Waals surface area contributed by atoms with Gasteiger partial charge in [0.2, 0.25) is 0 Å². The van der Waals surface area contributed by atoms with E-state index in [2.05, 4.69) is 42.6 Å². The Morgan fingerprint density at radius 1 is 1.10 bits per heavy atom. The second-order valence-corrected chi connectivity index (χ2v) is 4.55. The third-order valence-corrected chi connectivity index (χ3v) is 3.24. The van der Waals surface area contributed by atoms with Gasteiger partial charge in [-0.15, -0.1) is 0 Å². The Morgan fingerprint density at radius 3 is 2.40 bits per heavy atom. The molecule has 0 saturated carbocycles. The number of nitrogens with zero attached hydrogens (tertiary/aromatic N) is 1. The molecule has 102 valence electrons. The number of nitriles is 1. The average Bonchev–Trinajstić information content (AvgIpc) is 2.53. The van der Waals surface area contributed by atoms with Gasteiger partial charge in [-0.25, -0.2) is 0 Å². The first-order valence-electron chi connectivity index (χ1n) is 6.66. The molecule has 0 aliphatic heterocycles. The van der Waals surface area contributed by atoms with Gasteiger partial charge in [0, 0.05) is 12.6 Å². The largest absolute Gasteiger partial charge is 0.495 e. The topological polar surface area (TPSA) is 45.0 Å². The Labute approximate surface area is 119 Å². The molecular weight excluding hydrogens is 248 g/mol. The molecule has 0 amide bonds. The van der Waals surface area contributed by atoms with Gasteiger partial charge in [0.15, 0.2) is 0 Å². The van der Waals surface area contributed by atoms with Crippen molar-refractivity contribution in [2.24, 2.45) is 0 Å². The van der Waals surface area contributed by atoms with E-state index < -0.39 is 0 Å². The van der Waals surface area contributed by atoms with Crippen LogP contribution in [0, 0.1) is 11.3 Å². The normalized spacial score (nSPS) is 9.85. The summed E-state index contributed by atoms with van der Waals surface area (Å²) in [6.45, 7) is 2.88. The van der Waals surface area contributed by atoms with E-state index in [1.54, 1.807) is 19.2 Å². The first-order chi connectivity index (χ1) is 9.76. The van der Waals surface area contributed by atoms with Crippen LogP contribution in [0.4, 0.5) is 5.69 Å². The summed E-state index contributed by atoms with van der Waals surface area (Å²) >= 11 is 0. The fraction of sp³-hybridized carbons (Fsp3) is 0.235. The molecule has 0 aliphatic carbocycles. The summed E-state index contributed by atoms with van der Waals surface area (Å²) in [5, 5.41) is 12.2. The second-order valence-electron chi connectivity index (χ2n) is 4.55. The average molecular weight is 266 g/mol. The Hall–Kier alpha value is -2.47. The van der Waals surface area contributed by atoms with E-state index in [4.69, 9.17) is 10.00 Å². The molecule has 0 radical (unpaired) electrons. The number of hydrogen-bond donors (Lipinski definition) is 1. The molecule has 3 heteroatoms. The van der Waals surface area contributed by atoms with E-state index >= 15 is 0 Å². The first-order valence-corrected chi connectivity index (χ1v) is 6.66. The molecule has 0 saturated heterocycles. The Morgan fingerprint density at radius 2 is 1.80 bits per heavy atom. The monoisotopic (exact) mass is 266 g/mol. The zero-order chi connectivity index (χ0) is 14.4. The van der Waals surface area contributed by atoms with Crippen molar-refractivity contribution in [2.45, 2.75) is 19.9 Å². The van der Waals surface area contributed by atoms with Crippen LogP contribution in [0.25, 0.3) is 0 Å². The van der Waals surface area contributed by atoms with E-state index in [9.17, 15) is 0 Å². The highest BCUT2D eigenvalue weighted by atomic mass is 16.5. The smallest absolute Gasteiger partial charge is 0.143 e. The number of methoxy groups -OCH3 is 1. The number of benzene rings is 2. The summed E-state index contributed by atoms with van der Waals surface area (Å²) < 4.78 is 5.30. The Bertz CT molecular complexity index is 612. The number of hydrogen-bond acceptors (Lipinski definition) is 3.